The number of aromatic nitrogens is 2. The van der Waals surface area contributed by atoms with Crippen molar-refractivity contribution in [3.05, 3.63) is 70.7 Å². The Morgan fingerprint density at radius 2 is 2.00 bits per heavy atom. The summed E-state index contributed by atoms with van der Waals surface area (Å²) in [7, 11) is 1.61. The molecule has 0 saturated heterocycles. The number of rotatable bonds is 5. The Morgan fingerprint density at radius 3 is 2.70 bits per heavy atom. The van der Waals surface area contributed by atoms with Crippen LogP contribution >= 0.6 is 11.6 Å². The summed E-state index contributed by atoms with van der Waals surface area (Å²) in [5.74, 6) is 1.50. The van der Waals surface area contributed by atoms with Crippen molar-refractivity contribution >= 4 is 23.2 Å². The van der Waals surface area contributed by atoms with E-state index in [4.69, 9.17) is 20.9 Å². The van der Waals surface area contributed by atoms with Gasteiger partial charge in [0, 0.05) is 22.8 Å². The third kappa shape index (κ3) is 3.64. The molecule has 4 rings (SSSR count). The molecule has 2 amide bonds. The van der Waals surface area contributed by atoms with Crippen molar-refractivity contribution in [3.63, 3.8) is 0 Å². The first kappa shape index (κ1) is 20.0. The first-order chi connectivity index (χ1) is 14.5. The molecule has 3 aromatic rings. The summed E-state index contributed by atoms with van der Waals surface area (Å²) < 4.78 is 10.9. The number of nitrogens with one attached hydrogen (secondary N) is 1. The van der Waals surface area contributed by atoms with Gasteiger partial charge in [0.05, 0.1) is 18.7 Å². The minimum Gasteiger partial charge on any atom is -0.497 e. The van der Waals surface area contributed by atoms with E-state index in [1.165, 1.54) is 0 Å². The van der Waals surface area contributed by atoms with E-state index in [0.717, 1.165) is 22.4 Å². The van der Waals surface area contributed by atoms with Crippen LogP contribution in [0.15, 0.2) is 58.8 Å². The molecule has 1 N–H and O–H groups in total. The van der Waals surface area contributed by atoms with Crippen LogP contribution in [0.5, 0.6) is 5.75 Å². The number of allylic oxidation sites excluding steroid dienone is 1. The third-order valence-electron chi connectivity index (χ3n) is 5.10. The Balaban J connectivity index is 1.80. The number of halogens is 1. The normalized spacial score (nSPS) is 16.6. The monoisotopic (exact) mass is 424 g/mol. The Morgan fingerprint density at radius 1 is 1.23 bits per heavy atom. The average Bonchev–Trinajstić information content (AvgIpc) is 3.24. The van der Waals surface area contributed by atoms with Crippen LogP contribution in [0.1, 0.15) is 31.3 Å². The highest BCUT2D eigenvalue weighted by molar-refractivity contribution is 6.30. The van der Waals surface area contributed by atoms with Gasteiger partial charge >= 0.3 is 6.03 Å². The second-order valence-corrected chi connectivity index (χ2v) is 7.27. The average molecular weight is 425 g/mol. The molecule has 1 aliphatic heterocycles. The van der Waals surface area contributed by atoms with Crippen LogP contribution in [0, 0.1) is 0 Å². The van der Waals surface area contributed by atoms with Crippen LogP contribution in [-0.4, -0.2) is 34.7 Å². The summed E-state index contributed by atoms with van der Waals surface area (Å²) >= 11 is 6.04. The lowest BCUT2D eigenvalue weighted by Gasteiger charge is -2.34. The van der Waals surface area contributed by atoms with Crippen LogP contribution in [0.3, 0.4) is 0 Å². The number of hydrogen-bond acceptors (Lipinski definition) is 5. The predicted molar refractivity (Wildman–Crippen MR) is 114 cm³/mol. The number of carbonyl (C=O) groups excluding carboxylic acids is 1. The SMILES string of the molecule is CCN1C(=O)NC(c2ccc(Cl)cc2)C(c2nc(-c3cccc(OC)c3)no2)=C1C. The summed E-state index contributed by atoms with van der Waals surface area (Å²) in [6.07, 6.45) is 0. The van der Waals surface area contributed by atoms with Gasteiger partial charge in [-0.3, -0.25) is 4.90 Å². The molecule has 7 nitrogen and oxygen atoms in total. The van der Waals surface area contributed by atoms with Crippen molar-refractivity contribution in [1.82, 2.24) is 20.4 Å². The van der Waals surface area contributed by atoms with Gasteiger partial charge in [-0.05, 0) is 43.7 Å². The Hall–Kier alpha value is -3.32. The molecule has 0 bridgehead atoms. The second-order valence-electron chi connectivity index (χ2n) is 6.83. The van der Waals surface area contributed by atoms with Crippen LogP contribution < -0.4 is 10.1 Å². The first-order valence-corrected chi connectivity index (χ1v) is 9.92. The Labute approximate surface area is 179 Å². The number of benzene rings is 2. The third-order valence-corrected chi connectivity index (χ3v) is 5.35. The van der Waals surface area contributed by atoms with Crippen molar-refractivity contribution < 1.29 is 14.1 Å². The van der Waals surface area contributed by atoms with E-state index in [1.807, 2.05) is 50.2 Å². The first-order valence-electron chi connectivity index (χ1n) is 9.54. The van der Waals surface area contributed by atoms with Crippen LogP contribution in [0.2, 0.25) is 5.02 Å². The second kappa shape index (κ2) is 8.20. The Kier molecular flexibility index (Phi) is 5.46. The van der Waals surface area contributed by atoms with E-state index in [9.17, 15) is 4.79 Å². The van der Waals surface area contributed by atoms with Gasteiger partial charge in [-0.25, -0.2) is 4.79 Å². The van der Waals surface area contributed by atoms with E-state index >= 15 is 0 Å². The van der Waals surface area contributed by atoms with Gasteiger partial charge in [0.1, 0.15) is 5.75 Å². The summed E-state index contributed by atoms with van der Waals surface area (Å²) in [5.41, 5.74) is 3.17. The van der Waals surface area contributed by atoms with E-state index in [0.29, 0.717) is 29.0 Å². The summed E-state index contributed by atoms with van der Waals surface area (Å²) in [4.78, 5) is 18.9. The summed E-state index contributed by atoms with van der Waals surface area (Å²) in [5, 5.41) is 7.81. The molecule has 0 saturated carbocycles. The van der Waals surface area contributed by atoms with Crippen molar-refractivity contribution in [3.8, 4) is 17.1 Å². The van der Waals surface area contributed by atoms with Crippen molar-refractivity contribution in [1.29, 1.82) is 0 Å². The zero-order chi connectivity index (χ0) is 21.3. The zero-order valence-electron chi connectivity index (χ0n) is 16.8. The van der Waals surface area contributed by atoms with E-state index in [-0.39, 0.29) is 6.03 Å². The van der Waals surface area contributed by atoms with Gasteiger partial charge in [0.15, 0.2) is 0 Å². The molecule has 0 aliphatic carbocycles. The number of carbonyl (C=O) groups is 1. The van der Waals surface area contributed by atoms with Gasteiger partial charge < -0.3 is 14.6 Å². The van der Waals surface area contributed by atoms with Crippen molar-refractivity contribution in [2.45, 2.75) is 19.9 Å². The predicted octanol–water partition coefficient (Wildman–Crippen LogP) is 4.92. The fraction of sp³-hybridized carbons (Fsp3) is 0.227. The molecule has 8 heteroatoms. The largest absolute Gasteiger partial charge is 0.497 e. The highest BCUT2D eigenvalue weighted by Crippen LogP contribution is 2.37. The molecule has 2 heterocycles. The molecule has 154 valence electrons. The van der Waals surface area contributed by atoms with Crippen LogP contribution in [-0.2, 0) is 0 Å². The number of urea groups is 1. The highest BCUT2D eigenvalue weighted by Gasteiger charge is 2.35. The summed E-state index contributed by atoms with van der Waals surface area (Å²) in [6.45, 7) is 4.32. The zero-order valence-corrected chi connectivity index (χ0v) is 17.6. The molecule has 0 spiro atoms. The maximum absolute atomic E-state index is 12.6. The molecule has 1 aromatic heterocycles. The van der Waals surface area contributed by atoms with Crippen LogP contribution in [0.25, 0.3) is 17.0 Å². The van der Waals surface area contributed by atoms with Gasteiger partial charge in [0.2, 0.25) is 5.82 Å². The standard InChI is InChI=1S/C22H21ClN4O3/c1-4-27-13(2)18(19(24-22(27)28)14-8-10-16(23)11-9-14)21-25-20(26-30-21)15-6-5-7-17(12-15)29-3/h5-12,19H,4H2,1-3H3,(H,24,28). The number of amides is 2. The molecule has 1 unspecified atom stereocenters. The maximum atomic E-state index is 12.6. The van der Waals surface area contributed by atoms with Gasteiger partial charge in [0.25, 0.3) is 5.89 Å². The topological polar surface area (TPSA) is 80.5 Å². The number of methoxy groups -OCH3 is 1. The van der Waals surface area contributed by atoms with E-state index in [2.05, 4.69) is 15.5 Å². The van der Waals surface area contributed by atoms with E-state index in [1.54, 1.807) is 24.1 Å². The van der Waals surface area contributed by atoms with Gasteiger partial charge in [-0.15, -0.1) is 0 Å². The maximum Gasteiger partial charge on any atom is 0.322 e. The number of nitrogens with zero attached hydrogens (tertiary/aromatic N) is 3. The Bertz CT molecular complexity index is 1110. The van der Waals surface area contributed by atoms with Gasteiger partial charge in [-0.2, -0.15) is 4.98 Å². The quantitative estimate of drug-likeness (QED) is 0.629. The van der Waals surface area contributed by atoms with Crippen molar-refractivity contribution in [2.75, 3.05) is 13.7 Å². The van der Waals surface area contributed by atoms with E-state index < -0.39 is 6.04 Å². The molecule has 2 aromatic carbocycles. The molecule has 1 aliphatic rings. The fourth-order valence-electron chi connectivity index (χ4n) is 3.56. The smallest absolute Gasteiger partial charge is 0.322 e. The molecule has 1 atom stereocenters. The molecule has 30 heavy (non-hydrogen) atoms. The minimum atomic E-state index is -0.434. The molecule has 0 fully saturated rings. The summed E-state index contributed by atoms with van der Waals surface area (Å²) in [6, 6.07) is 14.2. The molecule has 0 radical (unpaired) electrons. The number of ether oxygens (including phenoxy) is 1. The highest BCUT2D eigenvalue weighted by atomic mass is 35.5. The van der Waals surface area contributed by atoms with Crippen LogP contribution in [0.4, 0.5) is 4.79 Å². The lowest BCUT2D eigenvalue weighted by Crippen LogP contribution is -2.45. The van der Waals surface area contributed by atoms with Crippen molar-refractivity contribution in [2.24, 2.45) is 0 Å². The fourth-order valence-corrected chi connectivity index (χ4v) is 3.68. The molecular weight excluding hydrogens is 404 g/mol. The number of hydrogen-bond donors (Lipinski definition) is 1. The molecular formula is C22H21ClN4O3. The lowest BCUT2D eigenvalue weighted by atomic mass is 9.95. The minimum absolute atomic E-state index is 0.175. The lowest BCUT2D eigenvalue weighted by molar-refractivity contribution is 0.207. The van der Waals surface area contributed by atoms with Gasteiger partial charge in [-0.1, -0.05) is 41.0 Å².